The quantitative estimate of drug-likeness (QED) is 0.254. The Hall–Kier alpha value is -1.37. The summed E-state index contributed by atoms with van der Waals surface area (Å²) in [4.78, 5) is 28.8. The number of carbonyl (C=O) groups is 2. The van der Waals surface area contributed by atoms with Crippen LogP contribution in [0, 0.1) is 5.92 Å². The molecule has 1 saturated heterocycles. The number of rotatable bonds is 12. The second kappa shape index (κ2) is 13.5. The number of carbonyl (C=O) groups excluding carboxylic acids is 2. The summed E-state index contributed by atoms with van der Waals surface area (Å²) in [5.41, 5.74) is 3.93. The molecule has 3 atom stereocenters. The third-order valence-corrected chi connectivity index (χ3v) is 8.80. The maximum Gasteiger partial charge on any atom is 0.235 e. The maximum absolute atomic E-state index is 14.1. The Labute approximate surface area is 242 Å². The van der Waals surface area contributed by atoms with Gasteiger partial charge in [0.15, 0.2) is 0 Å². The molecule has 0 bridgehead atoms. The second-order valence-electron chi connectivity index (χ2n) is 11.9. The van der Waals surface area contributed by atoms with Crippen LogP contribution >= 0.6 is 27.7 Å². The third kappa shape index (κ3) is 7.68. The molecule has 3 unspecified atom stereocenters. The Morgan fingerprint density at radius 2 is 1.56 bits per heavy atom. The van der Waals surface area contributed by atoms with Gasteiger partial charge >= 0.3 is 0 Å². The van der Waals surface area contributed by atoms with E-state index in [2.05, 4.69) is 106 Å². The Bertz CT molecular complexity index is 1090. The number of benzene rings is 2. The Kier molecular flexibility index (Phi) is 10.6. The largest absolute Gasteiger partial charge is 0.353 e. The molecule has 8 heteroatoms. The summed E-state index contributed by atoms with van der Waals surface area (Å²) in [6.45, 7) is 7.93. The lowest BCUT2D eigenvalue weighted by Gasteiger charge is -2.34. The number of hydrogen-bond donors (Lipinski definition) is 2. The summed E-state index contributed by atoms with van der Waals surface area (Å²) in [7, 11) is 8.31. The number of likely N-dealkylation sites (tertiary alicyclic amines) is 1. The van der Waals surface area contributed by atoms with Gasteiger partial charge in [-0.25, -0.2) is 0 Å². The van der Waals surface area contributed by atoms with Crippen molar-refractivity contribution in [2.75, 3.05) is 26.2 Å². The molecule has 4 rings (SSSR count). The molecule has 1 aliphatic carbocycles. The first-order valence-electron chi connectivity index (χ1n) is 14.5. The second-order valence-corrected chi connectivity index (χ2v) is 17.1. The highest BCUT2D eigenvalue weighted by Crippen LogP contribution is 2.51. The van der Waals surface area contributed by atoms with E-state index in [9.17, 15) is 9.59 Å². The van der Waals surface area contributed by atoms with Gasteiger partial charge < -0.3 is 15.5 Å². The minimum absolute atomic E-state index is 0.0886. The van der Waals surface area contributed by atoms with Gasteiger partial charge in [-0.3, -0.25) is 9.59 Å². The van der Waals surface area contributed by atoms with Crippen LogP contribution in [-0.2, 0) is 15.0 Å². The van der Waals surface area contributed by atoms with E-state index in [1.54, 1.807) is 0 Å². The average molecular weight is 586 g/mol. The molecule has 2 aliphatic rings. The first kappa shape index (κ1) is 30.6. The van der Waals surface area contributed by atoms with Crippen LogP contribution < -0.4 is 10.6 Å². The van der Waals surface area contributed by atoms with Crippen LogP contribution in [0.1, 0.15) is 69.9 Å². The smallest absolute Gasteiger partial charge is 0.235 e. The van der Waals surface area contributed by atoms with Crippen LogP contribution in [0.3, 0.4) is 0 Å². The molecule has 2 aromatic rings. The molecular formula is C31H46N3O2P3. The Morgan fingerprint density at radius 3 is 2.13 bits per heavy atom. The number of piperidine rings is 1. The topological polar surface area (TPSA) is 61.4 Å². The van der Waals surface area contributed by atoms with E-state index in [0.717, 1.165) is 69.3 Å². The number of hydrogen-bond acceptors (Lipinski definition) is 3. The van der Waals surface area contributed by atoms with Crippen molar-refractivity contribution >= 4 is 39.5 Å². The summed E-state index contributed by atoms with van der Waals surface area (Å²) in [6.07, 6.45) is 6.41. The lowest BCUT2D eigenvalue weighted by Crippen LogP contribution is -2.46. The van der Waals surface area contributed by atoms with Gasteiger partial charge in [-0.05, 0) is 66.8 Å². The number of nitrogens with zero attached hydrogens (tertiary/aromatic N) is 1. The summed E-state index contributed by atoms with van der Waals surface area (Å²) >= 11 is 0. The van der Waals surface area contributed by atoms with Crippen molar-refractivity contribution in [2.45, 2.75) is 74.9 Å². The average Bonchev–Trinajstić information content (AvgIpc) is 3.20. The molecular weight excluding hydrogens is 539 g/mol. The van der Waals surface area contributed by atoms with E-state index in [0.29, 0.717) is 24.9 Å². The van der Waals surface area contributed by atoms with E-state index >= 15 is 0 Å². The van der Waals surface area contributed by atoms with Crippen LogP contribution in [0.2, 0.25) is 0 Å². The molecule has 0 radical (unpaired) electrons. The summed E-state index contributed by atoms with van der Waals surface area (Å²) < 4.78 is -0.228. The van der Waals surface area contributed by atoms with E-state index in [-0.39, 0.29) is 16.5 Å². The van der Waals surface area contributed by atoms with Gasteiger partial charge in [-0.2, -0.15) is 0 Å². The van der Waals surface area contributed by atoms with E-state index in [1.807, 2.05) is 0 Å². The highest BCUT2D eigenvalue weighted by Gasteiger charge is 2.48. The van der Waals surface area contributed by atoms with E-state index in [4.69, 9.17) is 0 Å². The first-order valence-corrected chi connectivity index (χ1v) is 16.2. The highest BCUT2D eigenvalue weighted by molar-refractivity contribution is 7.57. The van der Waals surface area contributed by atoms with Crippen LogP contribution in [0.4, 0.5) is 0 Å². The van der Waals surface area contributed by atoms with E-state index in [1.165, 1.54) is 11.1 Å². The summed E-state index contributed by atoms with van der Waals surface area (Å²) in [6, 6.07) is 17.2. The first-order chi connectivity index (χ1) is 18.6. The molecule has 2 amide bonds. The van der Waals surface area contributed by atoms with Crippen LogP contribution in [0.5, 0.6) is 0 Å². The molecule has 1 fully saturated rings. The van der Waals surface area contributed by atoms with Crippen LogP contribution in [0.25, 0.3) is 11.1 Å². The lowest BCUT2D eigenvalue weighted by molar-refractivity contribution is -0.125. The Balaban J connectivity index is 1.38. The van der Waals surface area contributed by atoms with Crippen molar-refractivity contribution in [3.05, 3.63) is 59.7 Å². The fraction of sp³-hybridized carbons (Fsp3) is 0.548. The molecule has 0 saturated carbocycles. The monoisotopic (exact) mass is 585 g/mol. The van der Waals surface area contributed by atoms with Crippen molar-refractivity contribution < 1.29 is 9.59 Å². The minimum Gasteiger partial charge on any atom is -0.353 e. The zero-order chi connectivity index (χ0) is 28.0. The molecule has 1 heterocycles. The number of fused-ring (bicyclic) bond motifs is 3. The summed E-state index contributed by atoms with van der Waals surface area (Å²) in [5.74, 6) is 0.847. The fourth-order valence-electron chi connectivity index (χ4n) is 6.08. The van der Waals surface area contributed by atoms with Gasteiger partial charge in [-0.1, -0.05) is 68.8 Å². The van der Waals surface area contributed by atoms with Crippen molar-refractivity contribution in [1.82, 2.24) is 15.5 Å². The zero-order valence-corrected chi connectivity index (χ0v) is 27.0. The third-order valence-electron chi connectivity index (χ3n) is 8.18. The lowest BCUT2D eigenvalue weighted by atomic mass is 9.73. The van der Waals surface area contributed by atoms with Crippen LogP contribution in [0.15, 0.2) is 48.5 Å². The van der Waals surface area contributed by atoms with Crippen molar-refractivity contribution in [2.24, 2.45) is 5.92 Å². The molecule has 2 N–H and O–H groups in total. The van der Waals surface area contributed by atoms with Crippen molar-refractivity contribution in [1.29, 1.82) is 0 Å². The molecule has 5 nitrogen and oxygen atoms in total. The normalized spacial score (nSPS) is 17.1. The van der Waals surface area contributed by atoms with Gasteiger partial charge in [0.25, 0.3) is 0 Å². The molecule has 1 aliphatic heterocycles. The van der Waals surface area contributed by atoms with Gasteiger partial charge in [-0.15, -0.1) is 27.7 Å². The standard InChI is InChI=1S/C31H46N3O2P3/c1-22(2)13-14-28(35)33-23-15-19-34(20-16-23)18-8-7-17-30(29(36)32-21-31(37,38)39)26-11-5-3-9-24(26)25-10-4-6-12-27(25)30/h3-6,9-12,22-23H,7-8,13-21,37-39H2,1-2H3,(H,32,36)(H,33,35). The molecule has 0 aromatic heterocycles. The minimum atomic E-state index is -0.675. The molecule has 2 aromatic carbocycles. The van der Waals surface area contributed by atoms with E-state index < -0.39 is 5.41 Å². The SMILES string of the molecule is CC(C)CCC(=O)NC1CCN(CCCCC2(C(=O)NCC(P)(P)P)c3ccccc3-c3ccccc32)CC1. The maximum atomic E-state index is 14.1. The molecule has 39 heavy (non-hydrogen) atoms. The fourth-order valence-corrected chi connectivity index (χ4v) is 6.39. The predicted octanol–water partition coefficient (Wildman–Crippen LogP) is 5.54. The summed E-state index contributed by atoms with van der Waals surface area (Å²) in [5, 5.41) is 6.51. The Morgan fingerprint density at radius 1 is 0.974 bits per heavy atom. The number of nitrogens with one attached hydrogen (secondary N) is 2. The van der Waals surface area contributed by atoms with Gasteiger partial charge in [0.2, 0.25) is 11.8 Å². The van der Waals surface area contributed by atoms with Crippen LogP contribution in [-0.4, -0.2) is 53.6 Å². The van der Waals surface area contributed by atoms with Gasteiger partial charge in [0, 0.05) is 36.7 Å². The predicted molar refractivity (Wildman–Crippen MR) is 173 cm³/mol. The van der Waals surface area contributed by atoms with Gasteiger partial charge in [0.1, 0.15) is 5.41 Å². The number of amides is 2. The van der Waals surface area contributed by atoms with Crippen molar-refractivity contribution in [3.63, 3.8) is 0 Å². The zero-order valence-electron chi connectivity index (χ0n) is 23.5. The molecule has 0 spiro atoms. The highest BCUT2D eigenvalue weighted by atomic mass is 31.1. The van der Waals surface area contributed by atoms with Crippen molar-refractivity contribution in [3.8, 4) is 11.1 Å². The number of unbranched alkanes of at least 4 members (excludes halogenated alkanes) is 1. The molecule has 212 valence electrons. The van der Waals surface area contributed by atoms with Gasteiger partial charge in [0.05, 0.1) is 0 Å².